The molecule has 0 saturated carbocycles. The van der Waals surface area contributed by atoms with E-state index >= 15 is 0 Å². The molecule has 0 spiro atoms. The molecule has 0 aliphatic heterocycles. The highest BCUT2D eigenvalue weighted by molar-refractivity contribution is 8.00. The van der Waals surface area contributed by atoms with E-state index < -0.39 is 17.2 Å². The molecule has 0 saturated heterocycles. The number of aryl methyl sites for hydroxylation is 1. The second-order valence-electron chi connectivity index (χ2n) is 9.03. The number of ether oxygens (including phenoxy) is 1. The fourth-order valence-corrected chi connectivity index (χ4v) is 6.15. The zero-order valence-electron chi connectivity index (χ0n) is 19.4. The van der Waals surface area contributed by atoms with Crippen LogP contribution in [0, 0.1) is 11.3 Å². The van der Waals surface area contributed by atoms with Crippen LogP contribution in [0.3, 0.4) is 0 Å². The molecule has 1 N–H and O–H groups in total. The molecule has 176 valence electrons. The Bertz CT molecular complexity index is 973. The third kappa shape index (κ3) is 5.11. The number of thiophene rings is 1. The highest BCUT2D eigenvalue weighted by Gasteiger charge is 2.35. The topological polar surface area (TPSA) is 108 Å². The van der Waals surface area contributed by atoms with E-state index in [1.165, 1.54) is 16.0 Å². The van der Waals surface area contributed by atoms with E-state index in [2.05, 4.69) is 35.9 Å². The minimum atomic E-state index is -0.573. The number of carbonyl (C=O) groups is 2. The van der Waals surface area contributed by atoms with Crippen molar-refractivity contribution in [3.05, 3.63) is 16.0 Å². The molecule has 0 aromatic carbocycles. The molecule has 2 aromatic heterocycles. The Morgan fingerprint density at radius 2 is 2.12 bits per heavy atom. The first kappa shape index (κ1) is 24.6. The van der Waals surface area contributed by atoms with Gasteiger partial charge in [0.1, 0.15) is 5.00 Å². The van der Waals surface area contributed by atoms with Crippen molar-refractivity contribution in [1.29, 1.82) is 0 Å². The van der Waals surface area contributed by atoms with Crippen LogP contribution >= 0.6 is 23.1 Å². The lowest BCUT2D eigenvalue weighted by molar-refractivity contribution is -0.772. The lowest BCUT2D eigenvalue weighted by Gasteiger charge is -2.33. The fourth-order valence-electron chi connectivity index (χ4n) is 3.91. The lowest BCUT2D eigenvalue weighted by Crippen LogP contribution is -2.34. The molecular weight excluding hydrogens is 450 g/mol. The number of hydrogen-bond donors (Lipinski definition) is 1. The molecule has 0 radical (unpaired) electrons. The predicted molar refractivity (Wildman–Crippen MR) is 121 cm³/mol. The van der Waals surface area contributed by atoms with E-state index in [0.29, 0.717) is 22.9 Å². The Labute approximate surface area is 196 Å². The summed E-state index contributed by atoms with van der Waals surface area (Å²) < 4.78 is 11.3. The summed E-state index contributed by atoms with van der Waals surface area (Å²) in [6.45, 7) is 10.6. The Morgan fingerprint density at radius 3 is 2.69 bits per heavy atom. The van der Waals surface area contributed by atoms with Gasteiger partial charge >= 0.3 is 5.97 Å². The van der Waals surface area contributed by atoms with E-state index in [4.69, 9.17) is 4.74 Å². The van der Waals surface area contributed by atoms with Crippen LogP contribution in [0.2, 0.25) is 0 Å². The molecule has 1 aliphatic rings. The molecule has 2 aromatic rings. The maximum Gasteiger partial charge on any atom is 0.341 e. The summed E-state index contributed by atoms with van der Waals surface area (Å²) in [5.74, 6) is -0.733. The normalized spacial score (nSPS) is 17.0. The van der Waals surface area contributed by atoms with Gasteiger partial charge in [-0.05, 0) is 61.3 Å². The molecule has 1 aliphatic carbocycles. The van der Waals surface area contributed by atoms with Gasteiger partial charge in [-0.15, -0.1) is 11.3 Å². The second kappa shape index (κ2) is 9.82. The first-order chi connectivity index (χ1) is 15.1. The van der Waals surface area contributed by atoms with Gasteiger partial charge < -0.3 is 19.7 Å². The number of carbonyl (C=O) groups excluding carboxylic acids is 2. The fraction of sp³-hybridized carbons (Fsp3) is 0.636. The number of hydrogen-bond acceptors (Lipinski definition) is 8. The minimum absolute atomic E-state index is 0.170. The minimum Gasteiger partial charge on any atom is -0.538 e. The zero-order valence-corrected chi connectivity index (χ0v) is 21.1. The highest BCUT2D eigenvalue weighted by atomic mass is 32.2. The van der Waals surface area contributed by atoms with Gasteiger partial charge in [0.05, 0.1) is 22.7 Å². The van der Waals surface area contributed by atoms with Gasteiger partial charge in [-0.1, -0.05) is 32.4 Å². The Balaban J connectivity index is 1.88. The maximum absolute atomic E-state index is 13.1. The SMILES string of the molecule is CCOC(=O)c1c(NC(=O)C(CC)Sc2c([O-])on[n+]2C)sc2c1CCC(C(C)(C)C)C2. The number of thioether (sulfide) groups is 1. The van der Waals surface area contributed by atoms with Crippen LogP contribution in [0.15, 0.2) is 9.55 Å². The van der Waals surface area contributed by atoms with Crippen LogP contribution in [0.1, 0.15) is 68.3 Å². The summed E-state index contributed by atoms with van der Waals surface area (Å²) in [6.07, 6.45) is 3.16. The summed E-state index contributed by atoms with van der Waals surface area (Å²) in [6, 6.07) is 0. The molecule has 0 bridgehead atoms. The quantitative estimate of drug-likeness (QED) is 0.366. The molecule has 2 atom stereocenters. The largest absolute Gasteiger partial charge is 0.538 e. The van der Waals surface area contributed by atoms with Crippen LogP contribution in [-0.2, 0) is 29.4 Å². The van der Waals surface area contributed by atoms with E-state index in [1.807, 2.05) is 6.92 Å². The molecule has 2 heterocycles. The molecule has 32 heavy (non-hydrogen) atoms. The smallest absolute Gasteiger partial charge is 0.341 e. The summed E-state index contributed by atoms with van der Waals surface area (Å²) in [5, 5.41) is 18.7. The first-order valence-corrected chi connectivity index (χ1v) is 12.6. The van der Waals surface area contributed by atoms with Crippen LogP contribution < -0.4 is 15.1 Å². The van der Waals surface area contributed by atoms with Gasteiger partial charge in [-0.25, -0.2) is 4.79 Å². The van der Waals surface area contributed by atoms with E-state index in [0.717, 1.165) is 41.5 Å². The Kier molecular flexibility index (Phi) is 7.54. The Hall–Kier alpha value is -2.07. The summed E-state index contributed by atoms with van der Waals surface area (Å²) in [5.41, 5.74) is 1.65. The van der Waals surface area contributed by atoms with Gasteiger partial charge in [0.25, 0.3) is 5.03 Å². The number of anilines is 1. The van der Waals surface area contributed by atoms with Crippen LogP contribution in [0.4, 0.5) is 5.00 Å². The van der Waals surface area contributed by atoms with Gasteiger partial charge in [0, 0.05) is 4.88 Å². The second-order valence-corrected chi connectivity index (χ2v) is 11.3. The van der Waals surface area contributed by atoms with Crippen molar-refractivity contribution in [1.82, 2.24) is 5.27 Å². The third-order valence-corrected chi connectivity index (χ3v) is 8.49. The van der Waals surface area contributed by atoms with Crippen LogP contribution in [0.5, 0.6) is 5.95 Å². The van der Waals surface area contributed by atoms with Crippen LogP contribution in [-0.4, -0.2) is 29.0 Å². The van der Waals surface area contributed by atoms with Crippen molar-refractivity contribution in [3.8, 4) is 5.95 Å². The standard InChI is InChI=1S/C22H31N3O5S2/c1-7-14(32-19-21(28)30-24-25(19)6)17(26)23-18-16(20(27)29-8-2)13-10-9-12(22(3,4)5)11-15(13)31-18/h12,14H,7-11H2,1-6H3,(H-,23,24,26,27,28). The summed E-state index contributed by atoms with van der Waals surface area (Å²) in [4.78, 5) is 27.1. The lowest BCUT2D eigenvalue weighted by atomic mass is 9.72. The summed E-state index contributed by atoms with van der Waals surface area (Å²) >= 11 is 2.58. The van der Waals surface area contributed by atoms with E-state index in [-0.39, 0.29) is 23.0 Å². The van der Waals surface area contributed by atoms with Crippen molar-refractivity contribution < 1.29 is 28.6 Å². The average Bonchev–Trinajstić information content (AvgIpc) is 3.24. The van der Waals surface area contributed by atoms with Crippen molar-refractivity contribution in [2.45, 2.75) is 70.6 Å². The number of amides is 1. The molecule has 8 nitrogen and oxygen atoms in total. The zero-order chi connectivity index (χ0) is 23.6. The van der Waals surface area contributed by atoms with Gasteiger partial charge in [0.2, 0.25) is 5.91 Å². The number of nitrogens with one attached hydrogen (secondary N) is 1. The molecule has 1 amide bonds. The number of rotatable bonds is 7. The monoisotopic (exact) mass is 481 g/mol. The van der Waals surface area contributed by atoms with E-state index in [1.54, 1.807) is 14.0 Å². The highest BCUT2D eigenvalue weighted by Crippen LogP contribution is 2.44. The number of nitrogens with zero attached hydrogens (tertiary/aromatic N) is 2. The molecule has 10 heteroatoms. The molecule has 0 fully saturated rings. The van der Waals surface area contributed by atoms with Crippen molar-refractivity contribution in [2.24, 2.45) is 18.4 Å². The maximum atomic E-state index is 13.1. The van der Waals surface area contributed by atoms with Crippen molar-refractivity contribution in [2.75, 3.05) is 11.9 Å². The van der Waals surface area contributed by atoms with Crippen molar-refractivity contribution >= 4 is 40.0 Å². The average molecular weight is 482 g/mol. The summed E-state index contributed by atoms with van der Waals surface area (Å²) in [7, 11) is 1.59. The number of aromatic nitrogens is 2. The van der Waals surface area contributed by atoms with Gasteiger partial charge in [-0.2, -0.15) is 0 Å². The molecule has 3 rings (SSSR count). The molecule has 2 unspecified atom stereocenters. The van der Waals surface area contributed by atoms with Crippen LogP contribution in [0.25, 0.3) is 0 Å². The third-order valence-electron chi connectivity index (χ3n) is 5.84. The van der Waals surface area contributed by atoms with E-state index in [9.17, 15) is 14.7 Å². The first-order valence-electron chi connectivity index (χ1n) is 10.9. The predicted octanol–water partition coefficient (Wildman–Crippen LogP) is 3.47. The van der Waals surface area contributed by atoms with Gasteiger partial charge in [-0.3, -0.25) is 4.79 Å². The number of esters is 1. The Morgan fingerprint density at radius 1 is 1.41 bits per heavy atom. The van der Waals surface area contributed by atoms with Crippen molar-refractivity contribution in [3.63, 3.8) is 0 Å². The molecular formula is C22H31N3O5S2. The van der Waals surface area contributed by atoms with Gasteiger partial charge in [0.15, 0.2) is 13.0 Å². The number of fused-ring (bicyclic) bond motifs is 1.